The average molecular weight is 175 g/mol. The van der Waals surface area contributed by atoms with E-state index in [1.165, 1.54) is 12.3 Å². The van der Waals surface area contributed by atoms with Crippen LogP contribution in [0.4, 0.5) is 0 Å². The van der Waals surface area contributed by atoms with E-state index in [2.05, 4.69) is 4.98 Å². The van der Waals surface area contributed by atoms with Crippen LogP contribution in [0.25, 0.3) is 0 Å². The molecule has 2 rings (SSSR count). The van der Waals surface area contributed by atoms with E-state index in [0.717, 1.165) is 5.56 Å². The van der Waals surface area contributed by atoms with Gasteiger partial charge in [0.15, 0.2) is 5.78 Å². The van der Waals surface area contributed by atoms with Gasteiger partial charge in [-0.1, -0.05) is 0 Å². The monoisotopic (exact) mass is 175 g/mol. The van der Waals surface area contributed by atoms with E-state index >= 15 is 0 Å². The molecule has 0 radical (unpaired) electrons. The Balaban J connectivity index is 2.19. The van der Waals surface area contributed by atoms with Gasteiger partial charge in [0.1, 0.15) is 6.10 Å². The lowest BCUT2D eigenvalue weighted by atomic mass is 10.0. The van der Waals surface area contributed by atoms with Crippen molar-refractivity contribution in [2.75, 3.05) is 0 Å². The second kappa shape index (κ2) is 3.39. The highest BCUT2D eigenvalue weighted by molar-refractivity contribution is 5.90. The molecule has 0 fully saturated rings. The van der Waals surface area contributed by atoms with Crippen molar-refractivity contribution in [1.82, 2.24) is 4.98 Å². The van der Waals surface area contributed by atoms with Gasteiger partial charge in [0, 0.05) is 18.5 Å². The number of nitrogens with zero attached hydrogens (tertiary/aromatic N) is 1. The number of carbonyl (C=O) groups is 1. The summed E-state index contributed by atoms with van der Waals surface area (Å²) in [6, 6.07) is 3.72. The summed E-state index contributed by atoms with van der Waals surface area (Å²) in [5.74, 6) is 0.105. The molecule has 0 aliphatic carbocycles. The first kappa shape index (κ1) is 7.98. The standard InChI is InChI=1S/C10H9NO2/c12-9-3-6-13-10(7-9)8-1-4-11-5-2-8/h1-6,10H,7H2. The molecule has 3 heteroatoms. The van der Waals surface area contributed by atoms with Gasteiger partial charge in [-0.2, -0.15) is 0 Å². The lowest BCUT2D eigenvalue weighted by Crippen LogP contribution is -2.11. The Morgan fingerprint density at radius 3 is 2.85 bits per heavy atom. The summed E-state index contributed by atoms with van der Waals surface area (Å²) in [7, 11) is 0. The molecule has 0 amide bonds. The van der Waals surface area contributed by atoms with E-state index in [-0.39, 0.29) is 11.9 Å². The van der Waals surface area contributed by atoms with Gasteiger partial charge in [0.05, 0.1) is 12.7 Å². The highest BCUT2D eigenvalue weighted by atomic mass is 16.5. The molecule has 1 aromatic heterocycles. The van der Waals surface area contributed by atoms with Crippen LogP contribution in [0.1, 0.15) is 18.1 Å². The fourth-order valence-corrected chi connectivity index (χ4v) is 1.28. The molecule has 13 heavy (non-hydrogen) atoms. The summed E-state index contributed by atoms with van der Waals surface area (Å²) in [5, 5.41) is 0. The quantitative estimate of drug-likeness (QED) is 0.651. The van der Waals surface area contributed by atoms with Gasteiger partial charge in [-0.05, 0) is 17.7 Å². The van der Waals surface area contributed by atoms with Gasteiger partial charge < -0.3 is 4.74 Å². The van der Waals surface area contributed by atoms with Gasteiger partial charge in [-0.25, -0.2) is 0 Å². The molecule has 1 aliphatic heterocycles. The maximum absolute atomic E-state index is 11.1. The lowest BCUT2D eigenvalue weighted by Gasteiger charge is -2.18. The number of aromatic nitrogens is 1. The molecule has 1 atom stereocenters. The van der Waals surface area contributed by atoms with Crippen molar-refractivity contribution in [1.29, 1.82) is 0 Å². The topological polar surface area (TPSA) is 39.2 Å². The zero-order chi connectivity index (χ0) is 9.10. The molecule has 1 aromatic rings. The second-order valence-electron chi connectivity index (χ2n) is 2.88. The molecule has 3 nitrogen and oxygen atoms in total. The molecule has 1 unspecified atom stereocenters. The van der Waals surface area contributed by atoms with Crippen molar-refractivity contribution < 1.29 is 9.53 Å². The van der Waals surface area contributed by atoms with E-state index in [1.54, 1.807) is 12.4 Å². The molecule has 2 heterocycles. The molecule has 0 aromatic carbocycles. The Hall–Kier alpha value is -1.64. The number of allylic oxidation sites excluding steroid dienone is 1. The zero-order valence-electron chi connectivity index (χ0n) is 7.01. The lowest BCUT2D eigenvalue weighted by molar-refractivity contribution is -0.118. The zero-order valence-corrected chi connectivity index (χ0v) is 7.01. The van der Waals surface area contributed by atoms with E-state index in [1.807, 2.05) is 12.1 Å². The Labute approximate surface area is 76.1 Å². The number of rotatable bonds is 1. The van der Waals surface area contributed by atoms with Crippen molar-refractivity contribution in [3.8, 4) is 0 Å². The maximum Gasteiger partial charge on any atom is 0.162 e. The molecular formula is C10H9NO2. The third-order valence-electron chi connectivity index (χ3n) is 1.96. The van der Waals surface area contributed by atoms with Crippen molar-refractivity contribution in [3.05, 3.63) is 42.4 Å². The van der Waals surface area contributed by atoms with Gasteiger partial charge >= 0.3 is 0 Å². The van der Waals surface area contributed by atoms with Crippen LogP contribution in [0.5, 0.6) is 0 Å². The predicted molar refractivity (Wildman–Crippen MR) is 46.8 cm³/mol. The number of hydrogen-bond acceptors (Lipinski definition) is 3. The summed E-state index contributed by atoms with van der Waals surface area (Å²) in [4.78, 5) is 15.0. The van der Waals surface area contributed by atoms with Crippen LogP contribution >= 0.6 is 0 Å². The highest BCUT2D eigenvalue weighted by Gasteiger charge is 2.17. The third-order valence-corrected chi connectivity index (χ3v) is 1.96. The van der Waals surface area contributed by atoms with Crippen LogP contribution in [0.3, 0.4) is 0 Å². The fraction of sp³-hybridized carbons (Fsp3) is 0.200. The number of carbonyl (C=O) groups excluding carboxylic acids is 1. The van der Waals surface area contributed by atoms with Gasteiger partial charge in [0.25, 0.3) is 0 Å². The average Bonchev–Trinajstić information content (AvgIpc) is 2.19. The molecule has 1 aliphatic rings. The van der Waals surface area contributed by atoms with Crippen molar-refractivity contribution in [3.63, 3.8) is 0 Å². The van der Waals surface area contributed by atoms with E-state index in [4.69, 9.17) is 4.74 Å². The van der Waals surface area contributed by atoms with Crippen LogP contribution in [0, 0.1) is 0 Å². The third kappa shape index (κ3) is 1.75. The molecule has 0 N–H and O–H groups in total. The molecule has 0 bridgehead atoms. The molecular weight excluding hydrogens is 166 g/mol. The van der Waals surface area contributed by atoms with Crippen LogP contribution in [-0.2, 0) is 9.53 Å². The van der Waals surface area contributed by atoms with Gasteiger partial charge in [-0.3, -0.25) is 9.78 Å². The molecule has 0 saturated heterocycles. The van der Waals surface area contributed by atoms with Crippen LogP contribution in [0.15, 0.2) is 36.9 Å². The number of ether oxygens (including phenoxy) is 1. The first-order valence-electron chi connectivity index (χ1n) is 4.11. The minimum absolute atomic E-state index is 0.105. The SMILES string of the molecule is O=C1C=COC(c2ccncc2)C1. The van der Waals surface area contributed by atoms with Crippen LogP contribution in [-0.4, -0.2) is 10.8 Å². The summed E-state index contributed by atoms with van der Waals surface area (Å²) in [5.41, 5.74) is 0.993. The molecule has 0 saturated carbocycles. The predicted octanol–water partition coefficient (Wildman–Crippen LogP) is 1.63. The van der Waals surface area contributed by atoms with Crippen LogP contribution in [0.2, 0.25) is 0 Å². The number of ketones is 1. The van der Waals surface area contributed by atoms with Gasteiger partial charge in [-0.15, -0.1) is 0 Å². The highest BCUT2D eigenvalue weighted by Crippen LogP contribution is 2.23. The Morgan fingerprint density at radius 1 is 1.38 bits per heavy atom. The van der Waals surface area contributed by atoms with E-state index in [0.29, 0.717) is 6.42 Å². The fourth-order valence-electron chi connectivity index (χ4n) is 1.28. The Morgan fingerprint density at radius 2 is 2.15 bits per heavy atom. The summed E-state index contributed by atoms with van der Waals surface area (Å²) in [6.07, 6.45) is 6.58. The summed E-state index contributed by atoms with van der Waals surface area (Å²) in [6.45, 7) is 0. The van der Waals surface area contributed by atoms with Crippen LogP contribution < -0.4 is 0 Å². The van der Waals surface area contributed by atoms with E-state index in [9.17, 15) is 4.79 Å². The second-order valence-corrected chi connectivity index (χ2v) is 2.88. The summed E-state index contributed by atoms with van der Waals surface area (Å²) >= 11 is 0. The first-order valence-corrected chi connectivity index (χ1v) is 4.11. The van der Waals surface area contributed by atoms with Crippen molar-refractivity contribution >= 4 is 5.78 Å². The minimum Gasteiger partial charge on any atom is -0.493 e. The van der Waals surface area contributed by atoms with Gasteiger partial charge in [0.2, 0.25) is 0 Å². The summed E-state index contributed by atoms with van der Waals surface area (Å²) < 4.78 is 5.31. The maximum atomic E-state index is 11.1. The number of hydrogen-bond donors (Lipinski definition) is 0. The Bertz CT molecular complexity index is 332. The van der Waals surface area contributed by atoms with Crippen molar-refractivity contribution in [2.24, 2.45) is 0 Å². The Kier molecular flexibility index (Phi) is 2.08. The van der Waals surface area contributed by atoms with Crippen molar-refractivity contribution in [2.45, 2.75) is 12.5 Å². The minimum atomic E-state index is -0.138. The number of pyridine rings is 1. The first-order chi connectivity index (χ1) is 6.36. The normalized spacial score (nSPS) is 21.2. The smallest absolute Gasteiger partial charge is 0.162 e. The molecule has 66 valence electrons. The largest absolute Gasteiger partial charge is 0.493 e. The van der Waals surface area contributed by atoms with E-state index < -0.39 is 0 Å². The molecule has 0 spiro atoms.